The summed E-state index contributed by atoms with van der Waals surface area (Å²) in [5, 5.41) is 0. The van der Waals surface area contributed by atoms with Crippen LogP contribution in [0.2, 0.25) is 0 Å². The number of halogens is 4. The molecule has 0 aliphatic carbocycles. The number of aryl methyl sites for hydroxylation is 1. The molecule has 0 saturated heterocycles. The number of nitrogens with one attached hydrogen (secondary N) is 1. The molecule has 160 valence electrons. The minimum atomic E-state index is -4.63. The first-order chi connectivity index (χ1) is 14.6. The fraction of sp³-hybridized carbons (Fsp3) is 0.182. The summed E-state index contributed by atoms with van der Waals surface area (Å²) in [6.07, 6.45) is -4.63. The van der Waals surface area contributed by atoms with Crippen molar-refractivity contribution in [2.24, 2.45) is 0 Å². The molecule has 1 aliphatic heterocycles. The number of anilines is 3. The van der Waals surface area contributed by atoms with Gasteiger partial charge in [0.1, 0.15) is 12.5 Å². The highest BCUT2D eigenvalue weighted by atomic mass is 19.4. The number of rotatable bonds is 2. The second-order valence-corrected chi connectivity index (χ2v) is 7.25. The molecule has 0 atom stereocenters. The van der Waals surface area contributed by atoms with Gasteiger partial charge in [0.05, 0.1) is 22.5 Å². The number of hydrogen-bond acceptors (Lipinski definition) is 3. The quantitative estimate of drug-likeness (QED) is 0.587. The van der Waals surface area contributed by atoms with E-state index in [4.69, 9.17) is 0 Å². The van der Waals surface area contributed by atoms with Gasteiger partial charge < -0.3 is 9.88 Å². The SMILES string of the molecule is Cc1[nH]c(=O)ccc1N1CN(c2cccc(F)c2C)c2ccc(C(F)(F)F)cc2C1=O. The second-order valence-electron chi connectivity index (χ2n) is 7.25. The van der Waals surface area contributed by atoms with Gasteiger partial charge in [0, 0.05) is 23.0 Å². The Balaban J connectivity index is 1.94. The molecule has 5 nitrogen and oxygen atoms in total. The van der Waals surface area contributed by atoms with Gasteiger partial charge in [0.25, 0.3) is 5.91 Å². The number of hydrogen-bond donors (Lipinski definition) is 1. The topological polar surface area (TPSA) is 56.4 Å². The van der Waals surface area contributed by atoms with Crippen molar-refractivity contribution in [3.05, 3.63) is 87.1 Å². The summed E-state index contributed by atoms with van der Waals surface area (Å²) in [6.45, 7) is 3.07. The van der Waals surface area contributed by atoms with Crippen LogP contribution < -0.4 is 15.4 Å². The first-order valence-corrected chi connectivity index (χ1v) is 9.33. The highest BCUT2D eigenvalue weighted by molar-refractivity contribution is 6.13. The smallest absolute Gasteiger partial charge is 0.324 e. The van der Waals surface area contributed by atoms with Crippen LogP contribution in [0, 0.1) is 19.7 Å². The maximum atomic E-state index is 14.2. The van der Waals surface area contributed by atoms with Crippen LogP contribution in [-0.2, 0) is 6.18 Å². The van der Waals surface area contributed by atoms with Crippen LogP contribution in [0.1, 0.15) is 27.2 Å². The maximum Gasteiger partial charge on any atom is 0.416 e. The number of aromatic nitrogens is 1. The Morgan fingerprint density at radius 2 is 1.61 bits per heavy atom. The minimum Gasteiger partial charge on any atom is -0.324 e. The molecule has 2 heterocycles. The standard InChI is InChI=1S/C22H17F4N3O2/c1-12-16(23)4-3-5-17(12)28-11-29(18-8-9-20(30)27-13(18)2)21(31)15-10-14(22(24,25)26)6-7-19(15)28/h3-10H,11H2,1-2H3,(H,27,30). The van der Waals surface area contributed by atoms with Gasteiger partial charge in [-0.1, -0.05) is 6.07 Å². The van der Waals surface area contributed by atoms with E-state index >= 15 is 0 Å². The molecular weight excluding hydrogens is 414 g/mol. The first-order valence-electron chi connectivity index (χ1n) is 9.33. The van der Waals surface area contributed by atoms with Crippen LogP contribution in [0.25, 0.3) is 0 Å². The molecule has 1 N–H and O–H groups in total. The van der Waals surface area contributed by atoms with E-state index in [0.717, 1.165) is 12.1 Å². The van der Waals surface area contributed by atoms with E-state index in [2.05, 4.69) is 4.98 Å². The molecule has 31 heavy (non-hydrogen) atoms. The molecule has 0 unspecified atom stereocenters. The number of alkyl halides is 3. The Morgan fingerprint density at radius 1 is 0.903 bits per heavy atom. The first kappa shape index (κ1) is 20.6. The van der Waals surface area contributed by atoms with E-state index in [9.17, 15) is 27.2 Å². The fourth-order valence-corrected chi connectivity index (χ4v) is 3.69. The number of carbonyl (C=O) groups is 1. The molecule has 0 bridgehead atoms. The molecule has 0 saturated carbocycles. The molecule has 0 fully saturated rings. The minimum absolute atomic E-state index is 0.0750. The lowest BCUT2D eigenvalue weighted by molar-refractivity contribution is -0.137. The monoisotopic (exact) mass is 431 g/mol. The summed E-state index contributed by atoms with van der Waals surface area (Å²) < 4.78 is 54.2. The third-order valence-corrected chi connectivity index (χ3v) is 5.28. The van der Waals surface area contributed by atoms with Crippen LogP contribution in [0.5, 0.6) is 0 Å². The molecule has 1 aromatic heterocycles. The molecule has 3 aromatic rings. The zero-order valence-corrected chi connectivity index (χ0v) is 16.5. The Bertz CT molecular complexity index is 1250. The second kappa shape index (κ2) is 7.26. The maximum absolute atomic E-state index is 14.2. The van der Waals surface area contributed by atoms with Gasteiger partial charge in [-0.05, 0) is 50.2 Å². The van der Waals surface area contributed by atoms with Crippen molar-refractivity contribution in [3.8, 4) is 0 Å². The van der Waals surface area contributed by atoms with Gasteiger partial charge in [-0.15, -0.1) is 0 Å². The largest absolute Gasteiger partial charge is 0.416 e. The van der Waals surface area contributed by atoms with Crippen LogP contribution in [-0.4, -0.2) is 17.6 Å². The Morgan fingerprint density at radius 3 is 2.29 bits per heavy atom. The lowest BCUT2D eigenvalue weighted by Gasteiger charge is -2.39. The summed E-state index contributed by atoms with van der Waals surface area (Å²) in [5.74, 6) is -1.13. The van der Waals surface area contributed by atoms with E-state index in [-0.39, 0.29) is 23.5 Å². The van der Waals surface area contributed by atoms with Gasteiger partial charge in [0.15, 0.2) is 0 Å². The van der Waals surface area contributed by atoms with Gasteiger partial charge >= 0.3 is 6.18 Å². The van der Waals surface area contributed by atoms with E-state index in [0.29, 0.717) is 22.6 Å². The molecule has 4 rings (SSSR count). The summed E-state index contributed by atoms with van der Waals surface area (Å²) in [6, 6.07) is 9.99. The number of H-pyrrole nitrogens is 1. The lowest BCUT2D eigenvalue weighted by Crippen LogP contribution is -2.46. The van der Waals surface area contributed by atoms with Gasteiger partial charge in [-0.2, -0.15) is 13.2 Å². The van der Waals surface area contributed by atoms with E-state index in [1.807, 2.05) is 0 Å². The van der Waals surface area contributed by atoms with Crippen molar-refractivity contribution in [2.75, 3.05) is 16.5 Å². The van der Waals surface area contributed by atoms with Crippen molar-refractivity contribution in [1.29, 1.82) is 0 Å². The predicted molar refractivity (Wildman–Crippen MR) is 108 cm³/mol. The molecule has 9 heteroatoms. The molecule has 1 aliphatic rings. The fourth-order valence-electron chi connectivity index (χ4n) is 3.69. The van der Waals surface area contributed by atoms with Gasteiger partial charge in [-0.25, -0.2) is 4.39 Å². The predicted octanol–water partition coefficient (Wildman–Crippen LogP) is 4.91. The lowest BCUT2D eigenvalue weighted by atomic mass is 10.0. The normalized spacial score (nSPS) is 14.1. The average molecular weight is 431 g/mol. The summed E-state index contributed by atoms with van der Waals surface area (Å²) in [7, 11) is 0. The summed E-state index contributed by atoms with van der Waals surface area (Å²) >= 11 is 0. The number of aromatic amines is 1. The number of amides is 1. The van der Waals surface area contributed by atoms with Crippen molar-refractivity contribution in [2.45, 2.75) is 20.0 Å². The van der Waals surface area contributed by atoms with Crippen molar-refractivity contribution in [3.63, 3.8) is 0 Å². The Kier molecular flexibility index (Phi) is 4.83. The third kappa shape index (κ3) is 3.56. The number of fused-ring (bicyclic) bond motifs is 1. The van der Waals surface area contributed by atoms with E-state index in [1.54, 1.807) is 24.8 Å². The van der Waals surface area contributed by atoms with Crippen LogP contribution in [0.15, 0.2) is 53.3 Å². The highest BCUT2D eigenvalue weighted by Gasteiger charge is 2.37. The van der Waals surface area contributed by atoms with Crippen LogP contribution in [0.4, 0.5) is 34.6 Å². The van der Waals surface area contributed by atoms with E-state index in [1.165, 1.54) is 35.2 Å². The number of pyridine rings is 1. The Labute approximate surface area is 174 Å². The zero-order chi connectivity index (χ0) is 22.5. The van der Waals surface area contributed by atoms with Gasteiger partial charge in [0.2, 0.25) is 5.56 Å². The van der Waals surface area contributed by atoms with E-state index < -0.39 is 23.5 Å². The molecule has 0 spiro atoms. The molecule has 2 aromatic carbocycles. The third-order valence-electron chi connectivity index (χ3n) is 5.28. The number of nitrogens with zero attached hydrogens (tertiary/aromatic N) is 2. The van der Waals surface area contributed by atoms with Crippen LogP contribution in [0.3, 0.4) is 0 Å². The number of benzene rings is 2. The average Bonchev–Trinajstić information content (AvgIpc) is 2.70. The Hall–Kier alpha value is -3.62. The summed E-state index contributed by atoms with van der Waals surface area (Å²) in [4.78, 5) is 30.2. The van der Waals surface area contributed by atoms with Crippen LogP contribution >= 0.6 is 0 Å². The van der Waals surface area contributed by atoms with Gasteiger partial charge in [-0.3, -0.25) is 14.5 Å². The molecular formula is C22H17F4N3O2. The molecule has 0 radical (unpaired) electrons. The summed E-state index contributed by atoms with van der Waals surface area (Å²) in [5.41, 5.74) is 0.166. The van der Waals surface area contributed by atoms with Crippen molar-refractivity contribution < 1.29 is 22.4 Å². The van der Waals surface area contributed by atoms with Crippen molar-refractivity contribution in [1.82, 2.24) is 4.98 Å². The van der Waals surface area contributed by atoms with Crippen molar-refractivity contribution >= 4 is 23.0 Å². The highest BCUT2D eigenvalue weighted by Crippen LogP contribution is 2.40. The molecule has 1 amide bonds. The number of carbonyl (C=O) groups excluding carboxylic acids is 1. The zero-order valence-electron chi connectivity index (χ0n) is 16.5.